The third kappa shape index (κ3) is 2.82. The highest BCUT2D eigenvalue weighted by Crippen LogP contribution is 2.39. The van der Waals surface area contributed by atoms with Crippen molar-refractivity contribution in [2.45, 2.75) is 31.1 Å². The molecule has 1 aromatic heterocycles. The molecule has 6 nitrogen and oxygen atoms in total. The Balaban J connectivity index is 1.60. The average Bonchev–Trinajstić information content (AvgIpc) is 2.96. The van der Waals surface area contributed by atoms with E-state index in [1.54, 1.807) is 18.2 Å². The second-order valence-corrected chi connectivity index (χ2v) is 9.54. The van der Waals surface area contributed by atoms with Crippen molar-refractivity contribution in [2.24, 2.45) is 11.8 Å². The van der Waals surface area contributed by atoms with E-state index in [0.717, 1.165) is 24.0 Å². The zero-order chi connectivity index (χ0) is 16.9. The van der Waals surface area contributed by atoms with Gasteiger partial charge >= 0.3 is 0 Å². The highest BCUT2D eigenvalue weighted by atomic mass is 32.2. The van der Waals surface area contributed by atoms with Gasteiger partial charge in [0.05, 0.1) is 15.1 Å². The maximum atomic E-state index is 12.6. The van der Waals surface area contributed by atoms with E-state index in [4.69, 9.17) is 0 Å². The molecule has 1 saturated carbocycles. The van der Waals surface area contributed by atoms with Crippen LogP contribution in [0.4, 0.5) is 5.13 Å². The summed E-state index contributed by atoms with van der Waals surface area (Å²) in [5, 5.41) is 3.38. The molecule has 1 aliphatic heterocycles. The minimum atomic E-state index is -3.43. The van der Waals surface area contributed by atoms with Gasteiger partial charge in [-0.05, 0) is 43.4 Å². The predicted molar refractivity (Wildman–Crippen MR) is 93.5 cm³/mol. The number of carbonyl (C=O) groups is 1. The van der Waals surface area contributed by atoms with Crippen molar-refractivity contribution in [3.05, 3.63) is 18.2 Å². The lowest BCUT2D eigenvalue weighted by Gasteiger charge is -2.15. The Kier molecular flexibility index (Phi) is 3.85. The molecule has 2 aromatic rings. The van der Waals surface area contributed by atoms with E-state index < -0.39 is 10.0 Å². The van der Waals surface area contributed by atoms with Crippen LogP contribution in [0.5, 0.6) is 0 Å². The number of anilines is 1. The Morgan fingerprint density at radius 3 is 2.71 bits per heavy atom. The molecule has 0 unspecified atom stereocenters. The van der Waals surface area contributed by atoms with Crippen LogP contribution in [-0.2, 0) is 14.8 Å². The number of nitrogens with one attached hydrogen (secondary N) is 1. The summed E-state index contributed by atoms with van der Waals surface area (Å²) in [6, 6.07) is 4.98. The lowest BCUT2D eigenvalue weighted by atomic mass is 10.3. The van der Waals surface area contributed by atoms with Gasteiger partial charge in [0.1, 0.15) is 0 Å². The van der Waals surface area contributed by atoms with Crippen molar-refractivity contribution in [3.8, 4) is 0 Å². The number of sulfonamides is 1. The summed E-state index contributed by atoms with van der Waals surface area (Å²) in [4.78, 5) is 16.7. The van der Waals surface area contributed by atoms with Gasteiger partial charge in [0.2, 0.25) is 15.9 Å². The van der Waals surface area contributed by atoms with Crippen LogP contribution in [0.2, 0.25) is 0 Å². The van der Waals surface area contributed by atoms with Gasteiger partial charge in [-0.3, -0.25) is 4.79 Å². The van der Waals surface area contributed by atoms with E-state index >= 15 is 0 Å². The molecule has 8 heteroatoms. The van der Waals surface area contributed by atoms with Gasteiger partial charge in [-0.15, -0.1) is 0 Å². The molecule has 1 saturated heterocycles. The van der Waals surface area contributed by atoms with Crippen LogP contribution >= 0.6 is 11.3 Å². The van der Waals surface area contributed by atoms with Crippen LogP contribution in [0.3, 0.4) is 0 Å². The molecule has 1 amide bonds. The summed E-state index contributed by atoms with van der Waals surface area (Å²) in [5.74, 6) is 0.533. The van der Waals surface area contributed by atoms with Crippen molar-refractivity contribution in [1.29, 1.82) is 0 Å². The Morgan fingerprint density at radius 1 is 1.33 bits per heavy atom. The highest BCUT2D eigenvalue weighted by molar-refractivity contribution is 7.89. The average molecular weight is 365 g/mol. The molecule has 0 radical (unpaired) electrons. The van der Waals surface area contributed by atoms with Gasteiger partial charge in [0.25, 0.3) is 0 Å². The van der Waals surface area contributed by atoms with Gasteiger partial charge in [-0.25, -0.2) is 13.4 Å². The van der Waals surface area contributed by atoms with Gasteiger partial charge < -0.3 is 5.32 Å². The number of amides is 1. The molecular weight excluding hydrogens is 346 g/mol. The Hall–Kier alpha value is -1.51. The topological polar surface area (TPSA) is 79.4 Å². The Morgan fingerprint density at radius 2 is 2.04 bits per heavy atom. The molecule has 4 rings (SSSR count). The number of hydrogen-bond donors (Lipinski definition) is 1. The number of hydrogen-bond acceptors (Lipinski definition) is 5. The van der Waals surface area contributed by atoms with E-state index in [0.29, 0.717) is 34.6 Å². The van der Waals surface area contributed by atoms with Crippen LogP contribution in [0, 0.1) is 11.8 Å². The number of fused-ring (bicyclic) bond motifs is 1. The van der Waals surface area contributed by atoms with E-state index in [-0.39, 0.29) is 11.8 Å². The summed E-state index contributed by atoms with van der Waals surface area (Å²) in [6.07, 6.45) is 2.75. The molecule has 2 atom stereocenters. The van der Waals surface area contributed by atoms with Crippen LogP contribution in [0.15, 0.2) is 23.1 Å². The van der Waals surface area contributed by atoms with E-state index in [1.165, 1.54) is 15.6 Å². The molecule has 0 bridgehead atoms. The first-order chi connectivity index (χ1) is 11.4. The molecule has 24 heavy (non-hydrogen) atoms. The maximum absolute atomic E-state index is 12.6. The first-order valence-electron chi connectivity index (χ1n) is 8.17. The standard InChI is InChI=1S/C16H19N3O3S2/c1-10-8-12(10)15(20)18-16-17-13-5-4-11(9-14(13)23-16)24(21,22)19-6-2-3-7-19/h4-5,9-10,12H,2-3,6-8H2,1H3,(H,17,18,20)/t10-,12+/m0/s1. The molecule has 2 heterocycles. The molecule has 128 valence electrons. The number of rotatable bonds is 4. The fraction of sp³-hybridized carbons (Fsp3) is 0.500. The van der Waals surface area contributed by atoms with Crippen molar-refractivity contribution in [1.82, 2.24) is 9.29 Å². The summed E-state index contributed by atoms with van der Waals surface area (Å²) < 4.78 is 27.6. The lowest BCUT2D eigenvalue weighted by Crippen LogP contribution is -2.27. The number of aromatic nitrogens is 1. The van der Waals surface area contributed by atoms with Gasteiger partial charge in [0, 0.05) is 19.0 Å². The normalized spacial score (nSPS) is 24.4. The Labute approximate surface area is 144 Å². The molecule has 1 aliphatic carbocycles. The van der Waals surface area contributed by atoms with Crippen molar-refractivity contribution in [2.75, 3.05) is 18.4 Å². The third-order valence-electron chi connectivity index (χ3n) is 4.74. The first kappa shape index (κ1) is 16.0. The molecule has 2 aliphatic rings. The van der Waals surface area contributed by atoms with Crippen molar-refractivity contribution >= 4 is 42.6 Å². The number of benzene rings is 1. The van der Waals surface area contributed by atoms with E-state index in [2.05, 4.69) is 17.2 Å². The van der Waals surface area contributed by atoms with Crippen LogP contribution in [-0.4, -0.2) is 36.7 Å². The lowest BCUT2D eigenvalue weighted by molar-refractivity contribution is -0.117. The summed E-state index contributed by atoms with van der Waals surface area (Å²) in [5.41, 5.74) is 0.708. The molecule has 0 spiro atoms. The minimum absolute atomic E-state index is 0.00599. The number of thiazole rings is 1. The monoisotopic (exact) mass is 365 g/mol. The Bertz CT molecular complexity index is 900. The fourth-order valence-electron chi connectivity index (χ4n) is 3.08. The van der Waals surface area contributed by atoms with Crippen LogP contribution in [0.1, 0.15) is 26.2 Å². The van der Waals surface area contributed by atoms with Crippen LogP contribution < -0.4 is 5.32 Å². The largest absolute Gasteiger partial charge is 0.302 e. The van der Waals surface area contributed by atoms with Crippen LogP contribution in [0.25, 0.3) is 10.2 Å². The molecule has 1 N–H and O–H groups in total. The van der Waals surface area contributed by atoms with Crippen molar-refractivity contribution in [3.63, 3.8) is 0 Å². The zero-order valence-electron chi connectivity index (χ0n) is 13.4. The van der Waals surface area contributed by atoms with Crippen molar-refractivity contribution < 1.29 is 13.2 Å². The summed E-state index contributed by atoms with van der Waals surface area (Å²) in [6.45, 7) is 3.23. The first-order valence-corrected chi connectivity index (χ1v) is 10.4. The second-order valence-electron chi connectivity index (χ2n) is 6.57. The summed E-state index contributed by atoms with van der Waals surface area (Å²) >= 11 is 1.32. The smallest absolute Gasteiger partial charge is 0.243 e. The van der Waals surface area contributed by atoms with Gasteiger partial charge in [0.15, 0.2) is 5.13 Å². The van der Waals surface area contributed by atoms with Gasteiger partial charge in [-0.1, -0.05) is 18.3 Å². The fourth-order valence-corrected chi connectivity index (χ4v) is 5.61. The van der Waals surface area contributed by atoms with E-state index in [9.17, 15) is 13.2 Å². The predicted octanol–water partition coefficient (Wildman–Crippen LogP) is 2.68. The number of nitrogens with zero attached hydrogens (tertiary/aromatic N) is 2. The summed E-state index contributed by atoms with van der Waals surface area (Å²) in [7, 11) is -3.43. The second kappa shape index (κ2) is 5.79. The maximum Gasteiger partial charge on any atom is 0.243 e. The van der Waals surface area contributed by atoms with E-state index in [1.807, 2.05) is 0 Å². The molecule has 2 fully saturated rings. The molecule has 1 aromatic carbocycles. The minimum Gasteiger partial charge on any atom is -0.302 e. The van der Waals surface area contributed by atoms with Gasteiger partial charge in [-0.2, -0.15) is 4.31 Å². The highest BCUT2D eigenvalue weighted by Gasteiger charge is 2.39. The molecular formula is C16H19N3O3S2. The zero-order valence-corrected chi connectivity index (χ0v) is 15.0. The third-order valence-corrected chi connectivity index (χ3v) is 7.57. The SMILES string of the molecule is C[C@H]1C[C@H]1C(=O)Nc1nc2ccc(S(=O)(=O)N3CCCC3)cc2s1. The quantitative estimate of drug-likeness (QED) is 0.903. The number of carbonyl (C=O) groups excluding carboxylic acids is 1.